The molecule has 6 nitrogen and oxygen atoms in total. The molecule has 3 rings (SSSR count). The van der Waals surface area contributed by atoms with Crippen molar-refractivity contribution in [2.45, 2.75) is 25.7 Å². The summed E-state index contributed by atoms with van der Waals surface area (Å²) in [7, 11) is 0. The van der Waals surface area contributed by atoms with Crippen LogP contribution >= 0.6 is 0 Å². The molecule has 0 amide bonds. The summed E-state index contributed by atoms with van der Waals surface area (Å²) in [4.78, 5) is 5.96. The van der Waals surface area contributed by atoms with Gasteiger partial charge in [0, 0.05) is 43.9 Å². The van der Waals surface area contributed by atoms with E-state index in [0.717, 1.165) is 5.69 Å². The van der Waals surface area contributed by atoms with Crippen molar-refractivity contribution in [2.24, 2.45) is 11.5 Å². The van der Waals surface area contributed by atoms with Crippen LogP contribution in [0.3, 0.4) is 0 Å². The Morgan fingerprint density at radius 1 is 1.23 bits per heavy atom. The lowest BCUT2D eigenvalue weighted by Gasteiger charge is -2.31. The maximum Gasteiger partial charge on any atom is 0.251 e. The Hall–Kier alpha value is -2.90. The molecule has 8 heteroatoms. The molecule has 0 radical (unpaired) electrons. The molecule has 2 aromatic heterocycles. The van der Waals surface area contributed by atoms with Gasteiger partial charge in [0.25, 0.3) is 5.92 Å². The molecule has 1 aliphatic heterocycles. The van der Waals surface area contributed by atoms with Gasteiger partial charge in [0.1, 0.15) is 0 Å². The van der Waals surface area contributed by atoms with Gasteiger partial charge in [0.05, 0.1) is 23.3 Å². The fourth-order valence-electron chi connectivity index (χ4n) is 2.77. The van der Waals surface area contributed by atoms with Gasteiger partial charge in [-0.2, -0.15) is 0 Å². The largest absolute Gasteiger partial charge is 0.402 e. The standard InChI is InChI=1S/C18H22F2N6/c1-13(21)4-5-15(22)16-11-17(25-9-6-18(19,20)7-10-25)24-26(16)14-3-2-8-23-12-14/h2-5,8,11-12H,6-7,9-10,21-22H2,1H3/b13-4-,15-5-. The lowest BCUT2D eigenvalue weighted by molar-refractivity contribution is -0.0221. The highest BCUT2D eigenvalue weighted by molar-refractivity contribution is 5.66. The third-order valence-electron chi connectivity index (χ3n) is 4.23. The number of alkyl halides is 2. The second-order valence-corrected chi connectivity index (χ2v) is 6.39. The van der Waals surface area contributed by atoms with Crippen LogP contribution in [-0.4, -0.2) is 33.8 Å². The van der Waals surface area contributed by atoms with E-state index in [9.17, 15) is 8.78 Å². The highest BCUT2D eigenvalue weighted by atomic mass is 19.3. The van der Waals surface area contributed by atoms with Gasteiger partial charge in [-0.3, -0.25) is 4.98 Å². The predicted octanol–water partition coefficient (Wildman–Crippen LogP) is 2.66. The molecule has 0 unspecified atom stereocenters. The SMILES string of the molecule is C/C(N)=C/C=C(\N)c1cc(N2CCC(F)(F)CC2)nn1-c1cccnc1. The molecule has 4 N–H and O–H groups in total. The highest BCUT2D eigenvalue weighted by Gasteiger charge is 2.35. The van der Waals surface area contributed by atoms with E-state index in [0.29, 0.717) is 22.9 Å². The zero-order valence-electron chi connectivity index (χ0n) is 14.6. The number of rotatable bonds is 4. The number of allylic oxidation sites excluding steroid dienone is 3. The molecule has 0 atom stereocenters. The first-order valence-electron chi connectivity index (χ1n) is 8.39. The molecule has 2 aromatic rings. The van der Waals surface area contributed by atoms with Crippen molar-refractivity contribution < 1.29 is 8.78 Å². The third kappa shape index (κ3) is 4.01. The van der Waals surface area contributed by atoms with Crippen molar-refractivity contribution in [3.8, 4) is 5.69 Å². The van der Waals surface area contributed by atoms with Gasteiger partial charge in [-0.25, -0.2) is 13.5 Å². The van der Waals surface area contributed by atoms with Gasteiger partial charge in [-0.1, -0.05) is 0 Å². The summed E-state index contributed by atoms with van der Waals surface area (Å²) in [6.07, 6.45) is 6.39. The van der Waals surface area contributed by atoms with Crippen LogP contribution in [-0.2, 0) is 0 Å². The molecule has 1 fully saturated rings. The van der Waals surface area contributed by atoms with Crippen molar-refractivity contribution in [2.75, 3.05) is 18.0 Å². The zero-order valence-corrected chi connectivity index (χ0v) is 14.6. The Labute approximate surface area is 150 Å². The van der Waals surface area contributed by atoms with Crippen LogP contribution < -0.4 is 16.4 Å². The maximum atomic E-state index is 13.4. The number of hydrogen-bond donors (Lipinski definition) is 2. The Morgan fingerprint density at radius 3 is 2.58 bits per heavy atom. The molecule has 1 saturated heterocycles. The smallest absolute Gasteiger partial charge is 0.251 e. The van der Waals surface area contributed by atoms with Gasteiger partial charge >= 0.3 is 0 Å². The normalized spacial score (nSPS) is 18.2. The summed E-state index contributed by atoms with van der Waals surface area (Å²) in [5.74, 6) is -1.99. The summed E-state index contributed by atoms with van der Waals surface area (Å²) < 4.78 is 28.5. The number of anilines is 1. The summed E-state index contributed by atoms with van der Waals surface area (Å²) in [5.41, 5.74) is 14.4. The van der Waals surface area contributed by atoms with Crippen LogP contribution in [0.25, 0.3) is 11.4 Å². The van der Waals surface area contributed by atoms with E-state index >= 15 is 0 Å². The number of nitrogens with zero attached hydrogens (tertiary/aromatic N) is 4. The van der Waals surface area contributed by atoms with Crippen LogP contribution in [0, 0.1) is 0 Å². The lowest BCUT2D eigenvalue weighted by Crippen LogP contribution is -2.39. The van der Waals surface area contributed by atoms with Gasteiger partial charge in [0.15, 0.2) is 5.82 Å². The summed E-state index contributed by atoms with van der Waals surface area (Å²) in [6, 6.07) is 5.46. The molecule has 0 bridgehead atoms. The Morgan fingerprint density at radius 2 is 1.96 bits per heavy atom. The van der Waals surface area contributed by atoms with Gasteiger partial charge < -0.3 is 16.4 Å². The monoisotopic (exact) mass is 360 g/mol. The fourth-order valence-corrected chi connectivity index (χ4v) is 2.77. The topological polar surface area (TPSA) is 86.0 Å². The van der Waals surface area contributed by atoms with E-state index in [-0.39, 0.29) is 25.9 Å². The molecular weight excluding hydrogens is 338 g/mol. The first-order valence-corrected chi connectivity index (χ1v) is 8.39. The number of pyridine rings is 1. The van der Waals surface area contributed by atoms with Crippen molar-refractivity contribution in [3.05, 3.63) is 54.1 Å². The molecule has 0 aliphatic carbocycles. The average molecular weight is 360 g/mol. The molecule has 0 spiro atoms. The van der Waals surface area contributed by atoms with Crippen molar-refractivity contribution in [1.82, 2.24) is 14.8 Å². The molecule has 138 valence electrons. The number of piperidine rings is 1. The van der Waals surface area contributed by atoms with Crippen molar-refractivity contribution in [3.63, 3.8) is 0 Å². The molecule has 1 aliphatic rings. The molecule has 0 saturated carbocycles. The summed E-state index contributed by atoms with van der Waals surface area (Å²) >= 11 is 0. The molecule has 3 heterocycles. The van der Waals surface area contributed by atoms with E-state index in [1.54, 1.807) is 42.2 Å². The number of nitrogens with two attached hydrogens (primary N) is 2. The Kier molecular flexibility index (Phi) is 4.92. The van der Waals surface area contributed by atoms with E-state index in [1.807, 2.05) is 17.0 Å². The van der Waals surface area contributed by atoms with Crippen LogP contribution in [0.15, 0.2) is 48.4 Å². The quantitative estimate of drug-likeness (QED) is 0.819. The van der Waals surface area contributed by atoms with Gasteiger partial charge in [-0.15, -0.1) is 5.10 Å². The van der Waals surface area contributed by atoms with E-state index < -0.39 is 5.92 Å². The number of aromatic nitrogens is 3. The number of halogens is 2. The summed E-state index contributed by atoms with van der Waals surface area (Å²) in [6.45, 7) is 2.27. The average Bonchev–Trinajstić information content (AvgIpc) is 3.05. The Balaban J connectivity index is 1.98. The second-order valence-electron chi connectivity index (χ2n) is 6.39. The fraction of sp³-hybridized carbons (Fsp3) is 0.333. The first-order chi connectivity index (χ1) is 12.4. The maximum absolute atomic E-state index is 13.4. The minimum atomic E-state index is -2.60. The highest BCUT2D eigenvalue weighted by Crippen LogP contribution is 2.31. The lowest BCUT2D eigenvalue weighted by atomic mass is 10.1. The zero-order chi connectivity index (χ0) is 18.7. The minimum absolute atomic E-state index is 0.178. The Bertz CT molecular complexity index is 811. The minimum Gasteiger partial charge on any atom is -0.402 e. The van der Waals surface area contributed by atoms with Crippen LogP contribution in [0.2, 0.25) is 0 Å². The van der Waals surface area contributed by atoms with E-state index in [2.05, 4.69) is 10.1 Å². The van der Waals surface area contributed by atoms with E-state index in [4.69, 9.17) is 11.5 Å². The molecule has 0 aromatic carbocycles. The van der Waals surface area contributed by atoms with E-state index in [1.165, 1.54) is 0 Å². The van der Waals surface area contributed by atoms with Crippen LogP contribution in [0.5, 0.6) is 0 Å². The van der Waals surface area contributed by atoms with Crippen LogP contribution in [0.1, 0.15) is 25.5 Å². The van der Waals surface area contributed by atoms with Gasteiger partial charge in [-0.05, 0) is 31.2 Å². The molecule has 26 heavy (non-hydrogen) atoms. The van der Waals surface area contributed by atoms with Crippen LogP contribution in [0.4, 0.5) is 14.6 Å². The van der Waals surface area contributed by atoms with Gasteiger partial charge in [0.2, 0.25) is 0 Å². The van der Waals surface area contributed by atoms with Crippen molar-refractivity contribution >= 4 is 11.5 Å². The number of hydrogen-bond acceptors (Lipinski definition) is 5. The third-order valence-corrected chi connectivity index (χ3v) is 4.23. The first kappa shape index (κ1) is 17.9. The summed E-state index contributed by atoms with van der Waals surface area (Å²) in [5, 5.41) is 4.58. The molecular formula is C18H22F2N6. The second kappa shape index (κ2) is 7.15. The van der Waals surface area contributed by atoms with Crippen molar-refractivity contribution in [1.29, 1.82) is 0 Å². The predicted molar refractivity (Wildman–Crippen MR) is 97.9 cm³/mol.